The molecular weight excluding hydrogens is 238 g/mol. The van der Waals surface area contributed by atoms with Gasteiger partial charge in [-0.05, 0) is 30.9 Å². The van der Waals surface area contributed by atoms with Gasteiger partial charge in [-0.1, -0.05) is 51.9 Å². The molecule has 3 atom stereocenters. The fourth-order valence-electron chi connectivity index (χ4n) is 3.94. The maximum Gasteiger partial charge on any atom is 0.0141 e. The molecule has 0 aliphatic heterocycles. The SMILES string of the molecule is CSC(C)CNC1CCCCC1C1CCCCC1. The highest BCUT2D eigenvalue weighted by Crippen LogP contribution is 2.38. The van der Waals surface area contributed by atoms with Crippen molar-refractivity contribution in [3.8, 4) is 0 Å². The van der Waals surface area contributed by atoms with Crippen molar-refractivity contribution in [2.24, 2.45) is 11.8 Å². The molecule has 0 saturated heterocycles. The van der Waals surface area contributed by atoms with Gasteiger partial charge in [0, 0.05) is 17.8 Å². The third kappa shape index (κ3) is 4.16. The Morgan fingerprint density at radius 1 is 1.00 bits per heavy atom. The van der Waals surface area contributed by atoms with Gasteiger partial charge < -0.3 is 5.32 Å². The second-order valence-electron chi connectivity index (χ2n) is 6.41. The number of nitrogens with one attached hydrogen (secondary N) is 1. The van der Waals surface area contributed by atoms with Gasteiger partial charge in [-0.15, -0.1) is 0 Å². The average Bonchev–Trinajstić information content (AvgIpc) is 2.46. The van der Waals surface area contributed by atoms with E-state index >= 15 is 0 Å². The van der Waals surface area contributed by atoms with Gasteiger partial charge >= 0.3 is 0 Å². The normalized spacial score (nSPS) is 32.3. The minimum atomic E-state index is 0.763. The van der Waals surface area contributed by atoms with Crippen molar-refractivity contribution in [1.82, 2.24) is 5.32 Å². The predicted octanol–water partition coefficient (Wildman–Crippen LogP) is 4.47. The Bertz CT molecular complexity index is 225. The Balaban J connectivity index is 1.84. The minimum absolute atomic E-state index is 0.763. The predicted molar refractivity (Wildman–Crippen MR) is 83.3 cm³/mol. The zero-order chi connectivity index (χ0) is 12.8. The monoisotopic (exact) mass is 269 g/mol. The molecule has 2 aliphatic carbocycles. The summed E-state index contributed by atoms with van der Waals surface area (Å²) in [6.07, 6.45) is 15.6. The summed E-state index contributed by atoms with van der Waals surface area (Å²) in [5.74, 6) is 2.04. The Labute approximate surface area is 118 Å². The molecule has 0 radical (unpaired) electrons. The summed E-state index contributed by atoms with van der Waals surface area (Å²) in [6.45, 7) is 3.55. The lowest BCUT2D eigenvalue weighted by Gasteiger charge is -2.40. The summed E-state index contributed by atoms with van der Waals surface area (Å²) in [4.78, 5) is 0. The van der Waals surface area contributed by atoms with Crippen LogP contribution in [0.2, 0.25) is 0 Å². The highest BCUT2D eigenvalue weighted by molar-refractivity contribution is 7.99. The van der Waals surface area contributed by atoms with Gasteiger partial charge in [0.2, 0.25) is 0 Å². The van der Waals surface area contributed by atoms with Crippen molar-refractivity contribution in [3.63, 3.8) is 0 Å². The molecule has 0 aromatic carbocycles. The van der Waals surface area contributed by atoms with Crippen molar-refractivity contribution in [3.05, 3.63) is 0 Å². The summed E-state index contributed by atoms with van der Waals surface area (Å²) in [7, 11) is 0. The molecule has 106 valence electrons. The van der Waals surface area contributed by atoms with E-state index in [1.165, 1.54) is 64.3 Å². The molecule has 2 rings (SSSR count). The zero-order valence-electron chi connectivity index (χ0n) is 12.3. The van der Waals surface area contributed by atoms with Crippen LogP contribution in [0.5, 0.6) is 0 Å². The van der Waals surface area contributed by atoms with Gasteiger partial charge in [0.1, 0.15) is 0 Å². The molecule has 18 heavy (non-hydrogen) atoms. The van der Waals surface area contributed by atoms with Crippen molar-refractivity contribution in [2.75, 3.05) is 12.8 Å². The first-order valence-corrected chi connectivity index (χ1v) is 9.36. The fraction of sp³-hybridized carbons (Fsp3) is 1.00. The van der Waals surface area contributed by atoms with Crippen molar-refractivity contribution in [2.45, 2.75) is 76.0 Å². The maximum atomic E-state index is 3.90. The molecule has 2 saturated carbocycles. The van der Waals surface area contributed by atoms with Gasteiger partial charge in [-0.3, -0.25) is 0 Å². The van der Waals surface area contributed by atoms with Crippen LogP contribution in [0.4, 0.5) is 0 Å². The lowest BCUT2D eigenvalue weighted by molar-refractivity contribution is 0.150. The van der Waals surface area contributed by atoms with E-state index in [2.05, 4.69) is 18.5 Å². The van der Waals surface area contributed by atoms with Gasteiger partial charge in [0.15, 0.2) is 0 Å². The first kappa shape index (κ1) is 14.7. The number of hydrogen-bond acceptors (Lipinski definition) is 2. The zero-order valence-corrected chi connectivity index (χ0v) is 13.1. The standard InChI is InChI=1S/C16H31NS/c1-13(18-2)12-17-16-11-7-6-10-15(16)14-8-4-3-5-9-14/h13-17H,3-12H2,1-2H3. The first-order chi connectivity index (χ1) is 8.81. The van der Waals surface area contributed by atoms with Crippen LogP contribution in [0.25, 0.3) is 0 Å². The molecule has 1 N–H and O–H groups in total. The fourth-order valence-corrected chi connectivity index (χ4v) is 4.20. The molecule has 2 heteroatoms. The van der Waals surface area contributed by atoms with Gasteiger partial charge in [0.05, 0.1) is 0 Å². The maximum absolute atomic E-state index is 3.90. The summed E-state index contributed by atoms with van der Waals surface area (Å²) in [5, 5.41) is 4.66. The molecule has 0 heterocycles. The molecule has 0 aromatic rings. The molecular formula is C16H31NS. The Morgan fingerprint density at radius 3 is 2.39 bits per heavy atom. The van der Waals surface area contributed by atoms with E-state index in [0.29, 0.717) is 0 Å². The lowest BCUT2D eigenvalue weighted by atomic mass is 9.71. The van der Waals surface area contributed by atoms with Crippen LogP contribution in [-0.2, 0) is 0 Å². The largest absolute Gasteiger partial charge is 0.313 e. The second kappa shape index (κ2) is 7.79. The van der Waals surface area contributed by atoms with E-state index in [1.807, 2.05) is 11.8 Å². The molecule has 0 aromatic heterocycles. The Hall–Kier alpha value is 0.310. The highest BCUT2D eigenvalue weighted by atomic mass is 32.2. The van der Waals surface area contributed by atoms with E-state index in [-0.39, 0.29) is 0 Å². The van der Waals surface area contributed by atoms with Crippen molar-refractivity contribution >= 4 is 11.8 Å². The number of hydrogen-bond donors (Lipinski definition) is 1. The molecule has 2 fully saturated rings. The molecule has 2 aliphatic rings. The number of rotatable bonds is 5. The lowest BCUT2D eigenvalue weighted by Crippen LogP contribution is -2.44. The van der Waals surface area contributed by atoms with Gasteiger partial charge in [0.25, 0.3) is 0 Å². The Kier molecular flexibility index (Phi) is 6.37. The molecule has 0 spiro atoms. The third-order valence-corrected chi connectivity index (χ3v) is 6.12. The van der Waals surface area contributed by atoms with Crippen LogP contribution in [0.15, 0.2) is 0 Å². The minimum Gasteiger partial charge on any atom is -0.313 e. The third-order valence-electron chi connectivity index (χ3n) is 5.14. The van der Waals surface area contributed by atoms with Crippen molar-refractivity contribution < 1.29 is 0 Å². The average molecular weight is 269 g/mol. The smallest absolute Gasteiger partial charge is 0.0141 e. The Morgan fingerprint density at radius 2 is 1.67 bits per heavy atom. The summed E-state index contributed by atoms with van der Waals surface area (Å²) in [6, 6.07) is 0.830. The molecule has 1 nitrogen and oxygen atoms in total. The van der Waals surface area contributed by atoms with E-state index < -0.39 is 0 Å². The van der Waals surface area contributed by atoms with E-state index in [0.717, 1.165) is 23.1 Å². The molecule has 0 bridgehead atoms. The highest BCUT2D eigenvalue weighted by Gasteiger charge is 2.32. The van der Waals surface area contributed by atoms with Gasteiger partial charge in [-0.2, -0.15) is 11.8 Å². The summed E-state index contributed by atoms with van der Waals surface area (Å²) in [5.41, 5.74) is 0. The van der Waals surface area contributed by atoms with E-state index in [1.54, 1.807) is 0 Å². The second-order valence-corrected chi connectivity index (χ2v) is 7.68. The van der Waals surface area contributed by atoms with Crippen LogP contribution >= 0.6 is 11.8 Å². The van der Waals surface area contributed by atoms with Crippen LogP contribution in [0.1, 0.15) is 64.7 Å². The van der Waals surface area contributed by atoms with Gasteiger partial charge in [-0.25, -0.2) is 0 Å². The van der Waals surface area contributed by atoms with Crippen molar-refractivity contribution in [1.29, 1.82) is 0 Å². The van der Waals surface area contributed by atoms with E-state index in [4.69, 9.17) is 0 Å². The quantitative estimate of drug-likeness (QED) is 0.790. The van der Waals surface area contributed by atoms with Crippen LogP contribution < -0.4 is 5.32 Å². The summed E-state index contributed by atoms with van der Waals surface area (Å²) >= 11 is 1.99. The topological polar surface area (TPSA) is 12.0 Å². The number of thioether (sulfide) groups is 1. The van der Waals surface area contributed by atoms with Crippen LogP contribution in [-0.4, -0.2) is 24.1 Å². The van der Waals surface area contributed by atoms with Crippen LogP contribution in [0, 0.1) is 11.8 Å². The first-order valence-electron chi connectivity index (χ1n) is 8.07. The molecule has 0 amide bonds. The van der Waals surface area contributed by atoms with Crippen LogP contribution in [0.3, 0.4) is 0 Å². The summed E-state index contributed by atoms with van der Waals surface area (Å²) < 4.78 is 0. The molecule has 3 unspecified atom stereocenters. The van der Waals surface area contributed by atoms with E-state index in [9.17, 15) is 0 Å².